The Balaban J connectivity index is 1.92. The minimum absolute atomic E-state index is 0.251. The van der Waals surface area contributed by atoms with Crippen LogP contribution in [0.3, 0.4) is 0 Å². The second-order valence-electron chi connectivity index (χ2n) is 4.83. The maximum atomic E-state index is 6.11. The van der Waals surface area contributed by atoms with Crippen molar-refractivity contribution in [3.63, 3.8) is 0 Å². The maximum Gasteiger partial charge on any atom is 0.231 e. The van der Waals surface area contributed by atoms with Gasteiger partial charge in [0.05, 0.1) is 5.52 Å². The van der Waals surface area contributed by atoms with Crippen molar-refractivity contribution in [2.75, 3.05) is 12.5 Å². The molecule has 3 aromatic rings. The molecule has 4 rings (SSSR count). The third kappa shape index (κ3) is 2.10. The van der Waals surface area contributed by atoms with Crippen LogP contribution < -0.4 is 15.2 Å². The van der Waals surface area contributed by atoms with Crippen LogP contribution in [-0.4, -0.2) is 11.8 Å². The van der Waals surface area contributed by atoms with E-state index in [9.17, 15) is 0 Å². The third-order valence-corrected chi connectivity index (χ3v) is 4.02. The first-order valence-electron chi connectivity index (χ1n) is 6.46. The highest BCUT2D eigenvalue weighted by atomic mass is 79.9. The molecular formula is C16H11BrN2O2. The van der Waals surface area contributed by atoms with E-state index in [-0.39, 0.29) is 6.79 Å². The highest BCUT2D eigenvalue weighted by Gasteiger charge is 2.16. The Morgan fingerprint density at radius 3 is 2.48 bits per heavy atom. The summed E-state index contributed by atoms with van der Waals surface area (Å²) in [5.74, 6) is 1.96. The number of fused-ring (bicyclic) bond motifs is 2. The van der Waals surface area contributed by atoms with Crippen LogP contribution in [0.2, 0.25) is 0 Å². The number of nitrogens with zero attached hydrogens (tertiary/aromatic N) is 1. The number of nitrogens with two attached hydrogens (primary N) is 1. The summed E-state index contributed by atoms with van der Waals surface area (Å²) in [4.78, 5) is 4.48. The van der Waals surface area contributed by atoms with Crippen LogP contribution in [-0.2, 0) is 0 Å². The first-order valence-corrected chi connectivity index (χ1v) is 7.26. The first kappa shape index (κ1) is 12.5. The van der Waals surface area contributed by atoms with Gasteiger partial charge in [0.15, 0.2) is 11.5 Å². The Labute approximate surface area is 129 Å². The molecule has 0 aliphatic carbocycles. The maximum absolute atomic E-state index is 6.11. The predicted octanol–water partition coefficient (Wildman–Crippen LogP) is 3.98. The molecule has 2 N–H and O–H groups in total. The number of halogens is 1. The Morgan fingerprint density at radius 1 is 1.00 bits per heavy atom. The molecule has 4 nitrogen and oxygen atoms in total. The summed E-state index contributed by atoms with van der Waals surface area (Å²) in [6.45, 7) is 0.251. The largest absolute Gasteiger partial charge is 0.454 e. The van der Waals surface area contributed by atoms with Crippen LogP contribution in [0.15, 0.2) is 46.9 Å². The zero-order valence-electron chi connectivity index (χ0n) is 11.0. The molecule has 0 amide bonds. The fourth-order valence-electron chi connectivity index (χ4n) is 2.44. The summed E-state index contributed by atoms with van der Waals surface area (Å²) < 4.78 is 11.8. The summed E-state index contributed by atoms with van der Waals surface area (Å²) in [7, 11) is 0. The molecule has 0 spiro atoms. The Bertz CT molecular complexity index is 847. The molecule has 0 bridgehead atoms. The van der Waals surface area contributed by atoms with Crippen LogP contribution in [0.25, 0.3) is 22.0 Å². The summed E-state index contributed by atoms with van der Waals surface area (Å²) in [5.41, 5.74) is 8.85. The standard InChI is InChI=1S/C16H11BrN2O2/c17-11-3-1-9(2-4-11)12-5-10-6-14-15(21-8-20-14)7-13(10)19-16(12)18/h1-7H,8H2,(H2,18,19). The molecule has 1 aromatic heterocycles. The van der Waals surface area contributed by atoms with Crippen molar-refractivity contribution in [3.05, 3.63) is 46.9 Å². The van der Waals surface area contributed by atoms with Gasteiger partial charge in [-0.25, -0.2) is 4.98 Å². The fraction of sp³-hybridized carbons (Fsp3) is 0.0625. The molecule has 0 unspecified atom stereocenters. The minimum atomic E-state index is 0.251. The highest BCUT2D eigenvalue weighted by Crippen LogP contribution is 2.37. The molecule has 0 saturated carbocycles. The molecule has 2 heterocycles. The quantitative estimate of drug-likeness (QED) is 0.726. The summed E-state index contributed by atoms with van der Waals surface area (Å²) in [6, 6.07) is 13.8. The lowest BCUT2D eigenvalue weighted by atomic mass is 10.0. The van der Waals surface area contributed by atoms with E-state index in [1.54, 1.807) is 0 Å². The average molecular weight is 343 g/mol. The minimum Gasteiger partial charge on any atom is -0.454 e. The number of pyridine rings is 1. The molecule has 0 saturated heterocycles. The number of hydrogen-bond acceptors (Lipinski definition) is 4. The Kier molecular flexibility index (Phi) is 2.75. The van der Waals surface area contributed by atoms with E-state index in [2.05, 4.69) is 20.9 Å². The van der Waals surface area contributed by atoms with Gasteiger partial charge in [0.1, 0.15) is 5.82 Å². The van der Waals surface area contributed by atoms with Crippen LogP contribution in [0.4, 0.5) is 5.82 Å². The first-order chi connectivity index (χ1) is 10.2. The smallest absolute Gasteiger partial charge is 0.231 e. The third-order valence-electron chi connectivity index (χ3n) is 3.49. The van der Waals surface area contributed by atoms with Crippen molar-refractivity contribution in [2.24, 2.45) is 0 Å². The molecule has 0 fully saturated rings. The number of rotatable bonds is 1. The van der Waals surface area contributed by atoms with Crippen LogP contribution in [0, 0.1) is 0 Å². The van der Waals surface area contributed by atoms with Crippen molar-refractivity contribution >= 4 is 32.7 Å². The number of nitrogen functional groups attached to an aromatic ring is 1. The summed E-state index contributed by atoms with van der Waals surface area (Å²) in [5, 5.41) is 0.978. The second-order valence-corrected chi connectivity index (χ2v) is 5.74. The molecule has 5 heteroatoms. The predicted molar refractivity (Wildman–Crippen MR) is 85.4 cm³/mol. The van der Waals surface area contributed by atoms with Gasteiger partial charge in [-0.15, -0.1) is 0 Å². The topological polar surface area (TPSA) is 57.4 Å². The molecule has 104 valence electrons. The van der Waals surface area contributed by atoms with E-state index >= 15 is 0 Å². The van der Waals surface area contributed by atoms with Gasteiger partial charge in [-0.05, 0) is 29.8 Å². The van der Waals surface area contributed by atoms with Gasteiger partial charge in [-0.2, -0.15) is 0 Å². The van der Waals surface area contributed by atoms with Gasteiger partial charge in [0.25, 0.3) is 0 Å². The van der Waals surface area contributed by atoms with Crippen LogP contribution >= 0.6 is 15.9 Å². The van der Waals surface area contributed by atoms with Crippen molar-refractivity contribution in [3.8, 4) is 22.6 Å². The second kappa shape index (κ2) is 4.63. The monoisotopic (exact) mass is 342 g/mol. The lowest BCUT2D eigenvalue weighted by Crippen LogP contribution is -1.95. The summed E-state index contributed by atoms with van der Waals surface area (Å²) >= 11 is 3.43. The molecule has 0 radical (unpaired) electrons. The fourth-order valence-corrected chi connectivity index (χ4v) is 2.70. The molecule has 21 heavy (non-hydrogen) atoms. The zero-order chi connectivity index (χ0) is 14.4. The lowest BCUT2D eigenvalue weighted by molar-refractivity contribution is 0.174. The van der Waals surface area contributed by atoms with Crippen molar-refractivity contribution in [2.45, 2.75) is 0 Å². The van der Waals surface area contributed by atoms with Gasteiger partial charge in [0, 0.05) is 21.5 Å². The lowest BCUT2D eigenvalue weighted by Gasteiger charge is -2.08. The van der Waals surface area contributed by atoms with Crippen LogP contribution in [0.1, 0.15) is 0 Å². The van der Waals surface area contributed by atoms with E-state index in [0.717, 1.165) is 32.3 Å². The molecule has 2 aromatic carbocycles. The molecule has 1 aliphatic rings. The van der Waals surface area contributed by atoms with E-state index in [4.69, 9.17) is 15.2 Å². The number of anilines is 1. The van der Waals surface area contributed by atoms with Gasteiger partial charge in [-0.3, -0.25) is 0 Å². The average Bonchev–Trinajstić information content (AvgIpc) is 2.92. The van der Waals surface area contributed by atoms with Crippen molar-refractivity contribution < 1.29 is 9.47 Å². The molecular weight excluding hydrogens is 332 g/mol. The molecule has 1 aliphatic heterocycles. The number of hydrogen-bond donors (Lipinski definition) is 1. The van der Waals surface area contributed by atoms with E-state index in [1.165, 1.54) is 0 Å². The Morgan fingerprint density at radius 2 is 1.71 bits per heavy atom. The molecule has 0 atom stereocenters. The number of aromatic nitrogens is 1. The Hall–Kier alpha value is -2.27. The van der Waals surface area contributed by atoms with E-state index in [0.29, 0.717) is 11.6 Å². The van der Waals surface area contributed by atoms with Gasteiger partial charge < -0.3 is 15.2 Å². The van der Waals surface area contributed by atoms with Crippen molar-refractivity contribution in [1.29, 1.82) is 0 Å². The van der Waals surface area contributed by atoms with E-state index < -0.39 is 0 Å². The van der Waals surface area contributed by atoms with Crippen LogP contribution in [0.5, 0.6) is 11.5 Å². The van der Waals surface area contributed by atoms with Crippen molar-refractivity contribution in [1.82, 2.24) is 4.98 Å². The van der Waals surface area contributed by atoms with Gasteiger partial charge >= 0.3 is 0 Å². The van der Waals surface area contributed by atoms with Gasteiger partial charge in [-0.1, -0.05) is 28.1 Å². The zero-order valence-corrected chi connectivity index (χ0v) is 12.6. The summed E-state index contributed by atoms with van der Waals surface area (Å²) in [6.07, 6.45) is 0. The normalized spacial score (nSPS) is 12.8. The van der Waals surface area contributed by atoms with Gasteiger partial charge in [0.2, 0.25) is 6.79 Å². The number of benzene rings is 2. The highest BCUT2D eigenvalue weighted by molar-refractivity contribution is 9.10. The van der Waals surface area contributed by atoms with E-state index in [1.807, 2.05) is 42.5 Å². The number of ether oxygens (including phenoxy) is 2. The SMILES string of the molecule is Nc1nc2cc3c(cc2cc1-c1ccc(Br)cc1)OCO3.